The van der Waals surface area contributed by atoms with Crippen LogP contribution >= 0.6 is 0 Å². The molecule has 0 aromatic carbocycles. The molecule has 2 fully saturated rings. The molecule has 0 spiro atoms. The van der Waals surface area contributed by atoms with Crippen molar-refractivity contribution in [2.45, 2.75) is 59.3 Å². The van der Waals surface area contributed by atoms with Gasteiger partial charge in [-0.25, -0.2) is 0 Å². The van der Waals surface area contributed by atoms with Crippen LogP contribution in [0.3, 0.4) is 0 Å². The average molecular weight is 320 g/mol. The van der Waals surface area contributed by atoms with E-state index in [1.165, 1.54) is 7.11 Å². The standard InChI is InChI=1S/C19H28O4/c1-17-9-5-10-19(3,16(22)23-4)14(17)8-11-18(2)13(17)7-6-12(20)15(18)21/h6,13-14,20H,5,7-11H2,1-4H3/t13?,14?,17-,18-,19+/m1/s1. The van der Waals surface area contributed by atoms with Crippen molar-refractivity contribution in [3.63, 3.8) is 0 Å². The predicted octanol–water partition coefficient (Wildman–Crippen LogP) is 3.80. The number of carbonyl (C=O) groups is 2. The Morgan fingerprint density at radius 1 is 1.22 bits per heavy atom. The first-order chi connectivity index (χ1) is 10.7. The summed E-state index contributed by atoms with van der Waals surface area (Å²) in [5, 5.41) is 9.93. The number of hydrogen-bond acceptors (Lipinski definition) is 4. The van der Waals surface area contributed by atoms with Crippen LogP contribution < -0.4 is 0 Å². The molecule has 5 atom stereocenters. The van der Waals surface area contributed by atoms with Gasteiger partial charge in [-0.05, 0) is 62.4 Å². The van der Waals surface area contributed by atoms with Gasteiger partial charge in [0.1, 0.15) is 0 Å². The third-order valence-electron chi connectivity index (χ3n) is 7.44. The van der Waals surface area contributed by atoms with Gasteiger partial charge in [0.15, 0.2) is 5.76 Å². The van der Waals surface area contributed by atoms with Crippen molar-refractivity contribution in [1.29, 1.82) is 0 Å². The van der Waals surface area contributed by atoms with E-state index < -0.39 is 10.8 Å². The van der Waals surface area contributed by atoms with Crippen molar-refractivity contribution >= 4 is 11.8 Å². The minimum Gasteiger partial charge on any atom is -0.505 e. The van der Waals surface area contributed by atoms with Gasteiger partial charge in [-0.2, -0.15) is 0 Å². The number of aliphatic hydroxyl groups excluding tert-OH is 1. The molecule has 3 aliphatic rings. The Hall–Kier alpha value is -1.32. The van der Waals surface area contributed by atoms with Crippen LogP contribution in [0, 0.1) is 28.1 Å². The minimum atomic E-state index is -0.502. The Bertz CT molecular complexity index is 580. The lowest BCUT2D eigenvalue weighted by molar-refractivity contribution is -0.182. The highest BCUT2D eigenvalue weighted by atomic mass is 16.5. The highest BCUT2D eigenvalue weighted by molar-refractivity contribution is 5.98. The van der Waals surface area contributed by atoms with E-state index in [0.717, 1.165) is 38.5 Å². The number of ether oxygens (including phenoxy) is 1. The van der Waals surface area contributed by atoms with Gasteiger partial charge in [0.25, 0.3) is 0 Å². The van der Waals surface area contributed by atoms with Crippen LogP contribution in [0.4, 0.5) is 0 Å². The first-order valence-electron chi connectivity index (χ1n) is 8.72. The van der Waals surface area contributed by atoms with Crippen molar-refractivity contribution in [3.05, 3.63) is 11.8 Å². The van der Waals surface area contributed by atoms with E-state index in [9.17, 15) is 14.7 Å². The van der Waals surface area contributed by atoms with Crippen LogP contribution in [0.2, 0.25) is 0 Å². The average Bonchev–Trinajstić information content (AvgIpc) is 2.50. The molecule has 128 valence electrons. The number of esters is 1. The maximum atomic E-state index is 12.6. The molecule has 0 aromatic rings. The lowest BCUT2D eigenvalue weighted by Gasteiger charge is -2.62. The van der Waals surface area contributed by atoms with E-state index in [1.54, 1.807) is 6.08 Å². The summed E-state index contributed by atoms with van der Waals surface area (Å²) in [4.78, 5) is 25.1. The molecular weight excluding hydrogens is 292 g/mol. The summed E-state index contributed by atoms with van der Waals surface area (Å²) in [5.41, 5.74) is -1.03. The van der Waals surface area contributed by atoms with Crippen molar-refractivity contribution in [2.24, 2.45) is 28.1 Å². The summed E-state index contributed by atoms with van der Waals surface area (Å²) in [6.45, 7) is 6.31. The summed E-state index contributed by atoms with van der Waals surface area (Å²) in [6, 6.07) is 0. The lowest BCUT2D eigenvalue weighted by atomic mass is 9.41. The molecule has 1 N–H and O–H groups in total. The predicted molar refractivity (Wildman–Crippen MR) is 86.7 cm³/mol. The third kappa shape index (κ3) is 2.03. The van der Waals surface area contributed by atoms with E-state index in [1.807, 2.05) is 13.8 Å². The maximum absolute atomic E-state index is 12.6. The van der Waals surface area contributed by atoms with Crippen LogP contribution in [-0.2, 0) is 14.3 Å². The quantitative estimate of drug-likeness (QED) is 0.746. The Morgan fingerprint density at radius 2 is 1.91 bits per heavy atom. The van der Waals surface area contributed by atoms with Gasteiger partial charge in [0.05, 0.1) is 12.5 Å². The molecule has 0 aromatic heterocycles. The molecule has 2 saturated carbocycles. The second-order valence-electron chi connectivity index (χ2n) is 8.48. The first-order valence-corrected chi connectivity index (χ1v) is 8.72. The lowest BCUT2D eigenvalue weighted by Crippen LogP contribution is -2.60. The van der Waals surface area contributed by atoms with Gasteiger partial charge in [-0.15, -0.1) is 0 Å². The number of fused-ring (bicyclic) bond motifs is 3. The zero-order valence-electron chi connectivity index (χ0n) is 14.6. The van der Waals surface area contributed by atoms with Crippen LogP contribution in [0.15, 0.2) is 11.8 Å². The summed E-state index contributed by atoms with van der Waals surface area (Å²) >= 11 is 0. The Morgan fingerprint density at radius 3 is 2.57 bits per heavy atom. The molecule has 0 aliphatic heterocycles. The summed E-state index contributed by atoms with van der Waals surface area (Å²) in [6.07, 6.45) is 6.86. The van der Waals surface area contributed by atoms with Crippen molar-refractivity contribution in [1.82, 2.24) is 0 Å². The van der Waals surface area contributed by atoms with Crippen LogP contribution in [-0.4, -0.2) is 24.0 Å². The number of hydrogen-bond donors (Lipinski definition) is 1. The first kappa shape index (κ1) is 16.5. The van der Waals surface area contributed by atoms with E-state index in [4.69, 9.17) is 4.74 Å². The van der Waals surface area contributed by atoms with Gasteiger partial charge in [0.2, 0.25) is 5.78 Å². The highest BCUT2D eigenvalue weighted by Gasteiger charge is 2.64. The number of Topliss-reactive ketones (excluding diaryl/α,β-unsaturated/α-hetero) is 1. The van der Waals surface area contributed by atoms with Gasteiger partial charge in [-0.1, -0.05) is 20.3 Å². The molecule has 3 rings (SSSR count). The molecule has 4 heteroatoms. The molecule has 4 nitrogen and oxygen atoms in total. The molecule has 3 aliphatic carbocycles. The number of methoxy groups -OCH3 is 1. The van der Waals surface area contributed by atoms with E-state index in [-0.39, 0.29) is 34.8 Å². The Kier molecular flexibility index (Phi) is 3.66. The third-order valence-corrected chi connectivity index (χ3v) is 7.44. The number of allylic oxidation sites excluding steroid dienone is 2. The van der Waals surface area contributed by atoms with Crippen LogP contribution in [0.5, 0.6) is 0 Å². The fraction of sp³-hybridized carbons (Fsp3) is 0.789. The van der Waals surface area contributed by atoms with Crippen LogP contribution in [0.25, 0.3) is 0 Å². The van der Waals surface area contributed by atoms with Gasteiger partial charge >= 0.3 is 5.97 Å². The number of rotatable bonds is 1. The normalized spacial score (nSPS) is 46.4. The van der Waals surface area contributed by atoms with Crippen LogP contribution in [0.1, 0.15) is 59.3 Å². The Labute approximate surface area is 138 Å². The maximum Gasteiger partial charge on any atom is 0.311 e. The molecular formula is C19H28O4. The Balaban J connectivity index is 2.05. The molecule has 0 radical (unpaired) electrons. The SMILES string of the molecule is COC(=O)[C@@]1(C)CCC[C@]2(C)C3CC=C(O)C(=O)[C@]3(C)CCC21. The second-order valence-corrected chi connectivity index (χ2v) is 8.48. The summed E-state index contributed by atoms with van der Waals surface area (Å²) in [5.74, 6) is 0.116. The smallest absolute Gasteiger partial charge is 0.311 e. The fourth-order valence-corrected chi connectivity index (χ4v) is 6.22. The summed E-state index contributed by atoms with van der Waals surface area (Å²) < 4.78 is 5.13. The molecule has 0 amide bonds. The van der Waals surface area contributed by atoms with Crippen molar-refractivity contribution in [3.8, 4) is 0 Å². The molecule has 0 saturated heterocycles. The molecule has 23 heavy (non-hydrogen) atoms. The van der Waals surface area contributed by atoms with Gasteiger partial charge in [-0.3, -0.25) is 9.59 Å². The second kappa shape index (κ2) is 5.09. The van der Waals surface area contributed by atoms with E-state index >= 15 is 0 Å². The number of aliphatic hydroxyl groups is 1. The number of carbonyl (C=O) groups excluding carboxylic acids is 2. The monoisotopic (exact) mass is 320 g/mol. The fourth-order valence-electron chi connectivity index (χ4n) is 6.22. The van der Waals surface area contributed by atoms with E-state index in [2.05, 4.69) is 6.92 Å². The topological polar surface area (TPSA) is 63.6 Å². The number of ketones is 1. The highest BCUT2D eigenvalue weighted by Crippen LogP contribution is 2.66. The largest absolute Gasteiger partial charge is 0.505 e. The van der Waals surface area contributed by atoms with Gasteiger partial charge in [0, 0.05) is 5.41 Å². The zero-order chi connectivity index (χ0) is 17.0. The minimum absolute atomic E-state index is 0.0684. The molecule has 0 bridgehead atoms. The molecule has 0 heterocycles. The van der Waals surface area contributed by atoms with Gasteiger partial charge < -0.3 is 9.84 Å². The van der Waals surface area contributed by atoms with Crippen molar-refractivity contribution in [2.75, 3.05) is 7.11 Å². The summed E-state index contributed by atoms with van der Waals surface area (Å²) in [7, 11) is 1.47. The van der Waals surface area contributed by atoms with E-state index in [0.29, 0.717) is 0 Å². The van der Waals surface area contributed by atoms with Crippen molar-refractivity contribution < 1.29 is 19.4 Å². The zero-order valence-corrected chi connectivity index (χ0v) is 14.6. The molecule has 2 unspecified atom stereocenters.